The summed E-state index contributed by atoms with van der Waals surface area (Å²) in [5, 5.41) is 5.94. The van der Waals surface area contributed by atoms with E-state index >= 15 is 0 Å². The highest BCUT2D eigenvalue weighted by molar-refractivity contribution is 7.80. The number of ether oxygens (including phenoxy) is 2. The fourth-order valence-electron chi connectivity index (χ4n) is 1.72. The van der Waals surface area contributed by atoms with Gasteiger partial charge in [-0.25, -0.2) is 0 Å². The molecule has 0 fully saturated rings. The zero-order valence-electron chi connectivity index (χ0n) is 13.2. The lowest BCUT2D eigenvalue weighted by molar-refractivity contribution is -0.119. The third-order valence-corrected chi connectivity index (χ3v) is 3.01. The van der Waals surface area contributed by atoms with E-state index in [0.29, 0.717) is 31.4 Å². The zero-order valence-corrected chi connectivity index (χ0v) is 14.0. The van der Waals surface area contributed by atoms with Crippen molar-refractivity contribution in [1.29, 1.82) is 0 Å². The van der Waals surface area contributed by atoms with Crippen LogP contribution in [0.3, 0.4) is 0 Å². The van der Waals surface area contributed by atoms with Gasteiger partial charge in [0.1, 0.15) is 12.4 Å². The van der Waals surface area contributed by atoms with Gasteiger partial charge in [0.05, 0.1) is 6.61 Å². The molecular weight excluding hydrogens is 300 g/mol. The van der Waals surface area contributed by atoms with Crippen LogP contribution in [0.2, 0.25) is 0 Å². The standard InChI is InChI=1S/C16H24N2O3S/c1-3-5-9-15(19)18-16(22)17-13-7-6-8-14(12-13)21-11-10-20-4-2/h6-8,12H,3-5,9-11H2,1-2H3,(H2,17,18,19,22). The van der Waals surface area contributed by atoms with Gasteiger partial charge in [0.25, 0.3) is 0 Å². The number of unbranched alkanes of at least 4 members (excludes halogenated alkanes) is 1. The van der Waals surface area contributed by atoms with Crippen LogP contribution >= 0.6 is 12.2 Å². The maximum absolute atomic E-state index is 11.6. The Balaban J connectivity index is 2.41. The van der Waals surface area contributed by atoms with Gasteiger partial charge in [0, 0.05) is 24.8 Å². The van der Waals surface area contributed by atoms with Crippen LogP contribution < -0.4 is 15.4 Å². The van der Waals surface area contributed by atoms with Crippen molar-refractivity contribution in [2.75, 3.05) is 25.1 Å². The summed E-state index contributed by atoms with van der Waals surface area (Å²) in [4.78, 5) is 11.6. The summed E-state index contributed by atoms with van der Waals surface area (Å²) < 4.78 is 10.8. The van der Waals surface area contributed by atoms with Crippen LogP contribution in [0.4, 0.5) is 5.69 Å². The van der Waals surface area contributed by atoms with Gasteiger partial charge in [-0.05, 0) is 37.7 Å². The lowest BCUT2D eigenvalue weighted by atomic mass is 10.2. The third kappa shape index (κ3) is 7.95. The summed E-state index contributed by atoms with van der Waals surface area (Å²) in [6.07, 6.45) is 2.32. The number of thiocarbonyl (C=S) groups is 1. The molecule has 122 valence electrons. The maximum atomic E-state index is 11.6. The van der Waals surface area contributed by atoms with Crippen LogP contribution in [0.25, 0.3) is 0 Å². The van der Waals surface area contributed by atoms with Crippen LogP contribution in [0.15, 0.2) is 24.3 Å². The summed E-state index contributed by atoms with van der Waals surface area (Å²) in [6.45, 7) is 5.72. The lowest BCUT2D eigenvalue weighted by Crippen LogP contribution is -2.33. The van der Waals surface area contributed by atoms with E-state index in [9.17, 15) is 4.79 Å². The molecule has 5 nitrogen and oxygen atoms in total. The van der Waals surface area contributed by atoms with E-state index in [2.05, 4.69) is 10.6 Å². The Morgan fingerprint density at radius 3 is 2.82 bits per heavy atom. The molecule has 0 aliphatic heterocycles. The van der Waals surface area contributed by atoms with Gasteiger partial charge in [-0.15, -0.1) is 0 Å². The first kappa shape index (κ1) is 18.4. The number of carbonyl (C=O) groups is 1. The van der Waals surface area contributed by atoms with Gasteiger partial charge >= 0.3 is 0 Å². The minimum Gasteiger partial charge on any atom is -0.491 e. The summed E-state index contributed by atoms with van der Waals surface area (Å²) in [5.41, 5.74) is 0.773. The first-order chi connectivity index (χ1) is 10.7. The van der Waals surface area contributed by atoms with E-state index in [1.165, 1.54) is 0 Å². The lowest BCUT2D eigenvalue weighted by Gasteiger charge is -2.11. The van der Waals surface area contributed by atoms with Crippen molar-refractivity contribution in [2.24, 2.45) is 0 Å². The predicted molar refractivity (Wildman–Crippen MR) is 92.3 cm³/mol. The Labute approximate surface area is 137 Å². The van der Waals surface area contributed by atoms with Gasteiger partial charge in [-0.1, -0.05) is 19.4 Å². The molecule has 0 saturated carbocycles. The highest BCUT2D eigenvalue weighted by atomic mass is 32.1. The SMILES string of the molecule is CCCCC(=O)NC(=S)Nc1cccc(OCCOCC)c1. The summed E-state index contributed by atoms with van der Waals surface area (Å²) in [5.74, 6) is 0.660. The second-order valence-electron chi connectivity index (χ2n) is 4.68. The number of anilines is 1. The fourth-order valence-corrected chi connectivity index (χ4v) is 1.95. The molecule has 2 N–H and O–H groups in total. The second kappa shape index (κ2) is 11.0. The Kier molecular flexibility index (Phi) is 9.18. The van der Waals surface area contributed by atoms with E-state index in [1.54, 1.807) is 0 Å². The smallest absolute Gasteiger partial charge is 0.226 e. The first-order valence-corrected chi connectivity index (χ1v) is 7.98. The van der Waals surface area contributed by atoms with Gasteiger partial charge in [-0.3, -0.25) is 4.79 Å². The Hall–Kier alpha value is -1.66. The molecule has 0 aromatic heterocycles. The molecular formula is C16H24N2O3S. The largest absolute Gasteiger partial charge is 0.491 e. The quantitative estimate of drug-likeness (QED) is 0.540. The van der Waals surface area contributed by atoms with Crippen LogP contribution in [-0.4, -0.2) is 30.8 Å². The zero-order chi connectivity index (χ0) is 16.2. The minimum absolute atomic E-state index is 0.0662. The van der Waals surface area contributed by atoms with E-state index in [1.807, 2.05) is 38.1 Å². The number of rotatable bonds is 9. The average molecular weight is 324 g/mol. The van der Waals surface area contributed by atoms with Crippen molar-refractivity contribution in [3.63, 3.8) is 0 Å². The van der Waals surface area contributed by atoms with Gasteiger partial charge in [0.15, 0.2) is 5.11 Å². The molecule has 0 aliphatic carbocycles. The topological polar surface area (TPSA) is 59.6 Å². The third-order valence-electron chi connectivity index (χ3n) is 2.80. The monoisotopic (exact) mass is 324 g/mol. The molecule has 1 aromatic rings. The van der Waals surface area contributed by atoms with Crippen LogP contribution in [-0.2, 0) is 9.53 Å². The molecule has 0 radical (unpaired) electrons. The molecule has 6 heteroatoms. The van der Waals surface area contributed by atoms with Crippen LogP contribution in [0.1, 0.15) is 33.1 Å². The summed E-state index contributed by atoms with van der Waals surface area (Å²) >= 11 is 5.12. The molecule has 0 saturated heterocycles. The Morgan fingerprint density at radius 2 is 2.09 bits per heavy atom. The van der Waals surface area contributed by atoms with Crippen molar-refractivity contribution < 1.29 is 14.3 Å². The van der Waals surface area contributed by atoms with Crippen molar-refractivity contribution in [1.82, 2.24) is 5.32 Å². The number of amides is 1. The van der Waals surface area contributed by atoms with Crippen LogP contribution in [0, 0.1) is 0 Å². The van der Waals surface area contributed by atoms with E-state index in [-0.39, 0.29) is 5.91 Å². The number of hydrogen-bond acceptors (Lipinski definition) is 4. The number of benzene rings is 1. The molecule has 0 spiro atoms. The molecule has 0 bridgehead atoms. The molecule has 1 amide bonds. The number of nitrogens with one attached hydrogen (secondary N) is 2. The van der Waals surface area contributed by atoms with Gasteiger partial charge < -0.3 is 20.1 Å². The number of hydrogen-bond donors (Lipinski definition) is 2. The number of carbonyl (C=O) groups excluding carboxylic acids is 1. The van der Waals surface area contributed by atoms with Crippen molar-refractivity contribution in [2.45, 2.75) is 33.1 Å². The fraction of sp³-hybridized carbons (Fsp3) is 0.500. The molecule has 0 unspecified atom stereocenters. The Morgan fingerprint density at radius 1 is 1.27 bits per heavy atom. The second-order valence-corrected chi connectivity index (χ2v) is 5.09. The molecule has 0 heterocycles. The molecule has 1 aromatic carbocycles. The molecule has 1 rings (SSSR count). The Bertz CT molecular complexity index is 480. The molecule has 0 aliphatic rings. The minimum atomic E-state index is -0.0662. The van der Waals surface area contributed by atoms with Crippen molar-refractivity contribution >= 4 is 28.9 Å². The van der Waals surface area contributed by atoms with Crippen molar-refractivity contribution in [3.8, 4) is 5.75 Å². The highest BCUT2D eigenvalue weighted by Gasteiger charge is 2.05. The normalized spacial score (nSPS) is 10.1. The van der Waals surface area contributed by atoms with Crippen LogP contribution in [0.5, 0.6) is 5.75 Å². The highest BCUT2D eigenvalue weighted by Crippen LogP contribution is 2.17. The average Bonchev–Trinajstić information content (AvgIpc) is 2.50. The first-order valence-electron chi connectivity index (χ1n) is 7.57. The van der Waals surface area contributed by atoms with Gasteiger partial charge in [-0.2, -0.15) is 0 Å². The molecule has 0 atom stereocenters. The van der Waals surface area contributed by atoms with Gasteiger partial charge in [0.2, 0.25) is 5.91 Å². The summed E-state index contributed by atoms with van der Waals surface area (Å²) in [6, 6.07) is 7.41. The summed E-state index contributed by atoms with van der Waals surface area (Å²) in [7, 11) is 0. The van der Waals surface area contributed by atoms with Crippen molar-refractivity contribution in [3.05, 3.63) is 24.3 Å². The van der Waals surface area contributed by atoms with E-state index < -0.39 is 0 Å². The predicted octanol–water partition coefficient (Wildman–Crippen LogP) is 3.11. The molecule has 22 heavy (non-hydrogen) atoms. The van der Waals surface area contributed by atoms with E-state index in [0.717, 1.165) is 24.3 Å². The van der Waals surface area contributed by atoms with E-state index in [4.69, 9.17) is 21.7 Å². The maximum Gasteiger partial charge on any atom is 0.226 e.